The highest BCUT2D eigenvalue weighted by molar-refractivity contribution is 5.52. The van der Waals surface area contributed by atoms with Crippen molar-refractivity contribution in [1.82, 2.24) is 4.90 Å². The number of nitriles is 1. The molecule has 1 atom stereocenters. The van der Waals surface area contributed by atoms with Gasteiger partial charge in [-0.15, -0.1) is 0 Å². The van der Waals surface area contributed by atoms with Crippen LogP contribution in [0.2, 0.25) is 0 Å². The first-order valence-electron chi connectivity index (χ1n) is 7.08. The van der Waals surface area contributed by atoms with E-state index in [1.54, 1.807) is 6.07 Å². The van der Waals surface area contributed by atoms with Crippen LogP contribution in [0.5, 0.6) is 0 Å². The van der Waals surface area contributed by atoms with E-state index in [0.29, 0.717) is 6.04 Å². The fourth-order valence-electron chi connectivity index (χ4n) is 3.30. The number of hydrogen-bond acceptors (Lipinski definition) is 3. The van der Waals surface area contributed by atoms with E-state index in [1.807, 2.05) is 4.90 Å². The van der Waals surface area contributed by atoms with Crippen LogP contribution in [0.1, 0.15) is 24.8 Å². The van der Waals surface area contributed by atoms with Crippen molar-refractivity contribution in [1.29, 1.82) is 5.26 Å². The third kappa shape index (κ3) is 2.25. The summed E-state index contributed by atoms with van der Waals surface area (Å²) in [5.74, 6) is -1.92. The predicted molar refractivity (Wildman–Crippen MR) is 72.5 cm³/mol. The average molecular weight is 277 g/mol. The van der Waals surface area contributed by atoms with E-state index >= 15 is 0 Å². The summed E-state index contributed by atoms with van der Waals surface area (Å²) < 4.78 is 27.9. The van der Waals surface area contributed by atoms with Gasteiger partial charge in [0.05, 0.1) is 11.3 Å². The van der Waals surface area contributed by atoms with Crippen LogP contribution in [0.3, 0.4) is 0 Å². The fraction of sp³-hybridized carbons (Fsp3) is 0.533. The number of fused-ring (bicyclic) bond motifs is 1. The van der Waals surface area contributed by atoms with E-state index in [2.05, 4.69) is 4.90 Å². The molecule has 0 saturated carbocycles. The van der Waals surface area contributed by atoms with Gasteiger partial charge in [-0.2, -0.15) is 5.26 Å². The van der Waals surface area contributed by atoms with Crippen molar-refractivity contribution in [2.45, 2.75) is 25.3 Å². The molecule has 3 rings (SSSR count). The molecule has 2 fully saturated rings. The molecule has 2 aliphatic heterocycles. The van der Waals surface area contributed by atoms with Gasteiger partial charge in [0, 0.05) is 25.7 Å². The van der Waals surface area contributed by atoms with Crippen molar-refractivity contribution in [3.8, 4) is 6.07 Å². The maximum Gasteiger partial charge on any atom is 0.183 e. The second-order valence-electron chi connectivity index (χ2n) is 5.50. The zero-order chi connectivity index (χ0) is 14.1. The van der Waals surface area contributed by atoms with Gasteiger partial charge in [0.2, 0.25) is 0 Å². The lowest BCUT2D eigenvalue weighted by atomic mass is 10.1. The molecule has 0 aliphatic carbocycles. The predicted octanol–water partition coefficient (Wildman–Crippen LogP) is 2.51. The monoisotopic (exact) mass is 277 g/mol. The summed E-state index contributed by atoms with van der Waals surface area (Å²) in [7, 11) is 0. The van der Waals surface area contributed by atoms with Crippen LogP contribution in [0.4, 0.5) is 14.5 Å². The number of halogens is 2. The second-order valence-corrected chi connectivity index (χ2v) is 5.50. The summed E-state index contributed by atoms with van der Waals surface area (Å²) in [5, 5.41) is 8.74. The molecule has 3 nitrogen and oxygen atoms in total. The van der Waals surface area contributed by atoms with Crippen LogP contribution in [0.25, 0.3) is 0 Å². The van der Waals surface area contributed by atoms with Gasteiger partial charge in [0.1, 0.15) is 6.07 Å². The Labute approximate surface area is 117 Å². The maximum absolute atomic E-state index is 14.1. The molecule has 1 unspecified atom stereocenters. The summed E-state index contributed by atoms with van der Waals surface area (Å²) in [6, 6.07) is 5.01. The van der Waals surface area contributed by atoms with Crippen molar-refractivity contribution in [3.05, 3.63) is 29.3 Å². The van der Waals surface area contributed by atoms with Crippen LogP contribution in [0, 0.1) is 23.0 Å². The fourth-order valence-corrected chi connectivity index (χ4v) is 3.30. The highest BCUT2D eigenvalue weighted by Crippen LogP contribution is 2.28. The van der Waals surface area contributed by atoms with Gasteiger partial charge in [-0.3, -0.25) is 4.90 Å². The van der Waals surface area contributed by atoms with Crippen LogP contribution >= 0.6 is 0 Å². The molecule has 106 valence electrons. The van der Waals surface area contributed by atoms with E-state index in [9.17, 15) is 8.78 Å². The molecule has 2 saturated heterocycles. The smallest absolute Gasteiger partial charge is 0.183 e. The average Bonchev–Trinajstić information content (AvgIpc) is 2.79. The molecule has 2 heterocycles. The van der Waals surface area contributed by atoms with Crippen molar-refractivity contribution >= 4 is 5.69 Å². The summed E-state index contributed by atoms with van der Waals surface area (Å²) in [6.45, 7) is 3.61. The molecule has 1 aromatic rings. The molecule has 0 spiro atoms. The molecule has 1 aromatic carbocycles. The third-order valence-electron chi connectivity index (χ3n) is 4.33. The Morgan fingerprint density at radius 1 is 1.10 bits per heavy atom. The molecular formula is C15H17F2N3. The Morgan fingerprint density at radius 2 is 1.90 bits per heavy atom. The minimum absolute atomic E-state index is 0.233. The first kappa shape index (κ1) is 13.3. The summed E-state index contributed by atoms with van der Waals surface area (Å²) in [4.78, 5) is 4.37. The van der Waals surface area contributed by atoms with Crippen LogP contribution < -0.4 is 4.90 Å². The zero-order valence-electron chi connectivity index (χ0n) is 11.3. The van der Waals surface area contributed by atoms with E-state index in [4.69, 9.17) is 5.26 Å². The standard InChI is InChI=1S/C15H17F2N3/c16-14-11(9-18)4-5-13(15(14)17)20-8-2-7-19-6-1-3-12(19)10-20/h4-5,12H,1-3,6-8,10H2. The van der Waals surface area contributed by atoms with Gasteiger partial charge in [0.15, 0.2) is 11.6 Å². The Hall–Kier alpha value is -1.67. The topological polar surface area (TPSA) is 30.3 Å². The van der Waals surface area contributed by atoms with Crippen LogP contribution in [0.15, 0.2) is 12.1 Å². The highest BCUT2D eigenvalue weighted by atomic mass is 19.2. The molecule has 0 N–H and O–H groups in total. The number of benzene rings is 1. The summed E-state index contributed by atoms with van der Waals surface area (Å²) in [6.07, 6.45) is 3.26. The lowest BCUT2D eigenvalue weighted by Gasteiger charge is -2.27. The quantitative estimate of drug-likeness (QED) is 0.790. The van der Waals surface area contributed by atoms with Crippen LogP contribution in [-0.4, -0.2) is 37.1 Å². The lowest BCUT2D eigenvalue weighted by molar-refractivity contribution is 0.273. The molecular weight excluding hydrogens is 260 g/mol. The van der Waals surface area contributed by atoms with Crippen molar-refractivity contribution in [2.75, 3.05) is 31.1 Å². The molecule has 0 amide bonds. The number of hydrogen-bond donors (Lipinski definition) is 0. The first-order valence-corrected chi connectivity index (χ1v) is 7.08. The Bertz CT molecular complexity index is 553. The van der Waals surface area contributed by atoms with E-state index in [0.717, 1.165) is 39.0 Å². The van der Waals surface area contributed by atoms with E-state index in [1.165, 1.54) is 18.6 Å². The minimum Gasteiger partial charge on any atom is -0.367 e. The normalized spacial score (nSPS) is 23.2. The third-order valence-corrected chi connectivity index (χ3v) is 4.33. The van der Waals surface area contributed by atoms with Gasteiger partial charge < -0.3 is 4.90 Å². The summed E-state index contributed by atoms with van der Waals surface area (Å²) in [5.41, 5.74) is 0.0545. The summed E-state index contributed by atoms with van der Waals surface area (Å²) >= 11 is 0. The maximum atomic E-state index is 14.1. The molecule has 5 heteroatoms. The van der Waals surface area contributed by atoms with Gasteiger partial charge >= 0.3 is 0 Å². The molecule has 0 aromatic heterocycles. The Balaban J connectivity index is 1.89. The SMILES string of the molecule is N#Cc1ccc(N2CCCN3CCCC3C2)c(F)c1F. The van der Waals surface area contributed by atoms with Crippen molar-refractivity contribution < 1.29 is 8.78 Å². The highest BCUT2D eigenvalue weighted by Gasteiger charge is 2.30. The van der Waals surface area contributed by atoms with Gasteiger partial charge in [-0.25, -0.2) is 8.78 Å². The second kappa shape index (κ2) is 5.37. The zero-order valence-corrected chi connectivity index (χ0v) is 11.3. The van der Waals surface area contributed by atoms with Crippen molar-refractivity contribution in [2.24, 2.45) is 0 Å². The van der Waals surface area contributed by atoms with Gasteiger partial charge in [0.25, 0.3) is 0 Å². The lowest BCUT2D eigenvalue weighted by Crippen LogP contribution is -2.37. The molecule has 2 aliphatic rings. The molecule has 0 bridgehead atoms. The molecule has 20 heavy (non-hydrogen) atoms. The first-order chi connectivity index (χ1) is 9.70. The Morgan fingerprint density at radius 3 is 2.70 bits per heavy atom. The minimum atomic E-state index is -1.03. The number of rotatable bonds is 1. The van der Waals surface area contributed by atoms with E-state index in [-0.39, 0.29) is 11.3 Å². The number of nitrogens with zero attached hydrogens (tertiary/aromatic N) is 3. The van der Waals surface area contributed by atoms with E-state index < -0.39 is 11.6 Å². The van der Waals surface area contributed by atoms with Crippen molar-refractivity contribution in [3.63, 3.8) is 0 Å². The van der Waals surface area contributed by atoms with Gasteiger partial charge in [-0.05, 0) is 37.9 Å². The van der Waals surface area contributed by atoms with Crippen LogP contribution in [-0.2, 0) is 0 Å². The largest absolute Gasteiger partial charge is 0.367 e. The van der Waals surface area contributed by atoms with Gasteiger partial charge in [-0.1, -0.05) is 0 Å². The molecule has 0 radical (unpaired) electrons. The number of anilines is 1. The Kier molecular flexibility index (Phi) is 3.58.